The van der Waals surface area contributed by atoms with Crippen LogP contribution in [0, 0.1) is 24.0 Å². The van der Waals surface area contributed by atoms with Crippen LogP contribution in [0.4, 0.5) is 11.4 Å². The van der Waals surface area contributed by atoms with Crippen molar-refractivity contribution in [1.82, 2.24) is 14.7 Å². The number of benzene rings is 1. The van der Waals surface area contributed by atoms with Gasteiger partial charge in [-0.2, -0.15) is 5.10 Å². The first-order valence-corrected chi connectivity index (χ1v) is 7.96. The normalized spacial score (nSPS) is 10.5. The van der Waals surface area contributed by atoms with Crippen LogP contribution in [0.5, 0.6) is 0 Å². The zero-order chi connectivity index (χ0) is 19.4. The van der Waals surface area contributed by atoms with E-state index < -0.39 is 4.92 Å². The van der Waals surface area contributed by atoms with Crippen LogP contribution in [-0.4, -0.2) is 45.5 Å². The molecule has 2 amide bonds. The zero-order valence-corrected chi connectivity index (χ0v) is 15.1. The number of carbonyl (C=O) groups is 2. The Hall–Kier alpha value is -3.23. The van der Waals surface area contributed by atoms with Gasteiger partial charge in [-0.3, -0.25) is 24.4 Å². The number of aromatic nitrogens is 2. The maximum atomic E-state index is 12.2. The first kappa shape index (κ1) is 19.1. The SMILES string of the molecule is Cc1nn(CC(=O)Nc2ccc(CC(=O)N(C)C)cc2)c(C)c1[N+](=O)[O-]. The molecular formula is C17H21N5O4. The summed E-state index contributed by atoms with van der Waals surface area (Å²) in [5, 5.41) is 17.8. The highest BCUT2D eigenvalue weighted by Crippen LogP contribution is 2.21. The molecule has 9 heteroatoms. The highest BCUT2D eigenvalue weighted by Gasteiger charge is 2.22. The van der Waals surface area contributed by atoms with Crippen molar-refractivity contribution < 1.29 is 14.5 Å². The molecule has 0 fully saturated rings. The molecule has 2 rings (SSSR count). The van der Waals surface area contributed by atoms with E-state index in [-0.39, 0.29) is 36.2 Å². The molecule has 1 aromatic carbocycles. The number of hydrogen-bond acceptors (Lipinski definition) is 5. The third kappa shape index (κ3) is 4.44. The summed E-state index contributed by atoms with van der Waals surface area (Å²) >= 11 is 0. The maximum Gasteiger partial charge on any atom is 0.312 e. The topological polar surface area (TPSA) is 110 Å². The van der Waals surface area contributed by atoms with Gasteiger partial charge in [-0.15, -0.1) is 0 Å². The zero-order valence-electron chi connectivity index (χ0n) is 15.1. The maximum absolute atomic E-state index is 12.2. The van der Waals surface area contributed by atoms with Crippen molar-refractivity contribution in [3.05, 3.63) is 51.3 Å². The number of likely N-dealkylation sites (N-methyl/N-ethyl adjacent to an activating group) is 1. The number of carbonyl (C=O) groups excluding carboxylic acids is 2. The van der Waals surface area contributed by atoms with Gasteiger partial charge in [-0.05, 0) is 31.5 Å². The highest BCUT2D eigenvalue weighted by atomic mass is 16.6. The molecule has 0 aliphatic carbocycles. The predicted octanol–water partition coefficient (Wildman–Crippen LogP) is 1.68. The van der Waals surface area contributed by atoms with Crippen molar-refractivity contribution in [3.8, 4) is 0 Å². The second kappa shape index (κ2) is 7.77. The molecule has 1 N–H and O–H groups in total. The number of hydrogen-bond donors (Lipinski definition) is 1. The number of rotatable bonds is 6. The fraction of sp³-hybridized carbons (Fsp3) is 0.353. The molecule has 0 bridgehead atoms. The van der Waals surface area contributed by atoms with Crippen molar-refractivity contribution in [2.24, 2.45) is 0 Å². The fourth-order valence-electron chi connectivity index (χ4n) is 2.48. The molecule has 1 heterocycles. The van der Waals surface area contributed by atoms with Crippen molar-refractivity contribution in [3.63, 3.8) is 0 Å². The van der Waals surface area contributed by atoms with Crippen LogP contribution < -0.4 is 5.32 Å². The summed E-state index contributed by atoms with van der Waals surface area (Å²) in [6, 6.07) is 6.95. The molecule has 0 aliphatic rings. The van der Waals surface area contributed by atoms with Gasteiger partial charge in [0.25, 0.3) is 0 Å². The molecule has 0 aliphatic heterocycles. The van der Waals surface area contributed by atoms with Crippen LogP contribution in [0.2, 0.25) is 0 Å². The Bertz CT molecular complexity index is 840. The van der Waals surface area contributed by atoms with E-state index in [1.165, 1.54) is 16.5 Å². The predicted molar refractivity (Wildman–Crippen MR) is 95.8 cm³/mol. The van der Waals surface area contributed by atoms with E-state index in [9.17, 15) is 19.7 Å². The standard InChI is InChI=1S/C17H21N5O4/c1-11-17(22(25)26)12(2)21(19-11)10-15(23)18-14-7-5-13(6-8-14)9-16(24)20(3)4/h5-8H,9-10H2,1-4H3,(H,18,23). The van der Waals surface area contributed by atoms with Crippen molar-refractivity contribution in [1.29, 1.82) is 0 Å². The largest absolute Gasteiger partial charge is 0.349 e. The van der Waals surface area contributed by atoms with Gasteiger partial charge in [0.05, 0.1) is 11.3 Å². The lowest BCUT2D eigenvalue weighted by atomic mass is 10.1. The van der Waals surface area contributed by atoms with Crippen LogP contribution in [-0.2, 0) is 22.6 Å². The third-order valence-electron chi connectivity index (χ3n) is 3.91. The monoisotopic (exact) mass is 359 g/mol. The van der Waals surface area contributed by atoms with Crippen molar-refractivity contribution >= 4 is 23.2 Å². The lowest BCUT2D eigenvalue weighted by Crippen LogP contribution is -2.23. The van der Waals surface area contributed by atoms with Crippen LogP contribution in [0.15, 0.2) is 24.3 Å². The number of nitrogens with one attached hydrogen (secondary N) is 1. The number of anilines is 1. The molecule has 0 saturated heterocycles. The molecule has 1 aromatic heterocycles. The van der Waals surface area contributed by atoms with E-state index in [1.54, 1.807) is 45.3 Å². The summed E-state index contributed by atoms with van der Waals surface area (Å²) in [5.41, 5.74) is 1.95. The molecule has 2 aromatic rings. The lowest BCUT2D eigenvalue weighted by Gasteiger charge is -2.11. The summed E-state index contributed by atoms with van der Waals surface area (Å²) in [4.78, 5) is 35.9. The first-order chi connectivity index (χ1) is 12.2. The Kier molecular flexibility index (Phi) is 5.71. The second-order valence-electron chi connectivity index (χ2n) is 6.14. The lowest BCUT2D eigenvalue weighted by molar-refractivity contribution is -0.386. The van der Waals surface area contributed by atoms with E-state index in [0.717, 1.165) is 5.56 Å². The Morgan fingerprint density at radius 3 is 2.35 bits per heavy atom. The van der Waals surface area contributed by atoms with Crippen LogP contribution in [0.25, 0.3) is 0 Å². The molecule has 0 atom stereocenters. The quantitative estimate of drug-likeness (QED) is 0.623. The van der Waals surface area contributed by atoms with Gasteiger partial charge in [-0.25, -0.2) is 0 Å². The molecule has 138 valence electrons. The third-order valence-corrected chi connectivity index (χ3v) is 3.91. The molecule has 26 heavy (non-hydrogen) atoms. The molecular weight excluding hydrogens is 338 g/mol. The average Bonchev–Trinajstić information content (AvgIpc) is 2.82. The Labute approximate surface area is 150 Å². The Morgan fingerprint density at radius 2 is 1.85 bits per heavy atom. The van der Waals surface area contributed by atoms with Gasteiger partial charge in [0.2, 0.25) is 11.8 Å². The van der Waals surface area contributed by atoms with E-state index in [1.807, 2.05) is 0 Å². The minimum atomic E-state index is -0.500. The van der Waals surface area contributed by atoms with E-state index in [0.29, 0.717) is 11.4 Å². The summed E-state index contributed by atoms with van der Waals surface area (Å²) in [7, 11) is 3.39. The molecule has 0 unspecified atom stereocenters. The van der Waals surface area contributed by atoms with Crippen molar-refractivity contribution in [2.75, 3.05) is 19.4 Å². The van der Waals surface area contributed by atoms with Gasteiger partial charge in [0, 0.05) is 19.8 Å². The smallest absolute Gasteiger partial charge is 0.312 e. The van der Waals surface area contributed by atoms with Gasteiger partial charge in [-0.1, -0.05) is 12.1 Å². The minimum absolute atomic E-state index is 0.00657. The summed E-state index contributed by atoms with van der Waals surface area (Å²) < 4.78 is 1.31. The minimum Gasteiger partial charge on any atom is -0.349 e. The second-order valence-corrected chi connectivity index (χ2v) is 6.14. The molecule has 9 nitrogen and oxygen atoms in total. The van der Waals surface area contributed by atoms with Gasteiger partial charge in [0.1, 0.15) is 17.9 Å². The van der Waals surface area contributed by atoms with Gasteiger partial charge < -0.3 is 10.2 Å². The van der Waals surface area contributed by atoms with Gasteiger partial charge in [0.15, 0.2) is 0 Å². The highest BCUT2D eigenvalue weighted by molar-refractivity contribution is 5.90. The molecule has 0 radical (unpaired) electrons. The van der Waals surface area contributed by atoms with Crippen LogP contribution >= 0.6 is 0 Å². The Morgan fingerprint density at radius 1 is 1.23 bits per heavy atom. The number of aryl methyl sites for hydroxylation is 1. The van der Waals surface area contributed by atoms with E-state index in [2.05, 4.69) is 10.4 Å². The Balaban J connectivity index is 2.01. The summed E-state index contributed by atoms with van der Waals surface area (Å²) in [6.07, 6.45) is 0.288. The molecule has 0 spiro atoms. The van der Waals surface area contributed by atoms with E-state index in [4.69, 9.17) is 0 Å². The van der Waals surface area contributed by atoms with Gasteiger partial charge >= 0.3 is 5.69 Å². The van der Waals surface area contributed by atoms with Crippen molar-refractivity contribution in [2.45, 2.75) is 26.8 Å². The van der Waals surface area contributed by atoms with E-state index >= 15 is 0 Å². The number of nitrogens with zero attached hydrogens (tertiary/aromatic N) is 4. The van der Waals surface area contributed by atoms with Crippen LogP contribution in [0.3, 0.4) is 0 Å². The first-order valence-electron chi connectivity index (χ1n) is 7.96. The number of nitro groups is 1. The average molecular weight is 359 g/mol. The molecule has 0 saturated carbocycles. The summed E-state index contributed by atoms with van der Waals surface area (Å²) in [5.74, 6) is -0.351. The van der Waals surface area contributed by atoms with Crippen LogP contribution in [0.1, 0.15) is 17.0 Å². The number of amides is 2. The summed E-state index contributed by atoms with van der Waals surface area (Å²) in [6.45, 7) is 2.97. The fourth-order valence-corrected chi connectivity index (χ4v) is 2.48.